The molecule has 2 N–H and O–H groups in total. The van der Waals surface area contributed by atoms with Gasteiger partial charge in [-0.1, -0.05) is 12.1 Å². The summed E-state index contributed by atoms with van der Waals surface area (Å²) >= 11 is 3.60. The molecule has 1 aliphatic heterocycles. The Balaban J connectivity index is 0.00000288. The van der Waals surface area contributed by atoms with Crippen molar-refractivity contribution in [3.8, 4) is 0 Å². The summed E-state index contributed by atoms with van der Waals surface area (Å²) in [5.41, 5.74) is 1.21. The van der Waals surface area contributed by atoms with Crippen LogP contribution in [-0.4, -0.2) is 51.8 Å². The van der Waals surface area contributed by atoms with E-state index in [4.69, 9.17) is 0 Å². The summed E-state index contributed by atoms with van der Waals surface area (Å²) < 4.78 is 5.74. The van der Waals surface area contributed by atoms with E-state index >= 15 is 0 Å². The Labute approximate surface area is 168 Å². The van der Waals surface area contributed by atoms with Gasteiger partial charge in [0.05, 0.1) is 19.2 Å². The van der Waals surface area contributed by atoms with Crippen LogP contribution < -0.4 is 15.5 Å². The number of anilines is 1. The molecule has 0 saturated carbocycles. The zero-order chi connectivity index (χ0) is 16.7. The Bertz CT molecular complexity index is 571. The molecule has 0 aliphatic carbocycles. The van der Waals surface area contributed by atoms with Gasteiger partial charge in [0.25, 0.3) is 0 Å². The van der Waals surface area contributed by atoms with E-state index in [1.54, 1.807) is 7.05 Å². The molecule has 0 amide bonds. The van der Waals surface area contributed by atoms with Crippen LogP contribution in [0.5, 0.6) is 0 Å². The lowest BCUT2D eigenvalue weighted by molar-refractivity contribution is -0.140. The second kappa shape index (κ2) is 10.8. The van der Waals surface area contributed by atoms with Crippen LogP contribution in [0.25, 0.3) is 0 Å². The molecule has 0 radical (unpaired) electrons. The molecule has 1 aromatic carbocycles. The molecule has 0 aromatic heterocycles. The number of aliphatic imine (C=N–C) groups is 1. The molecule has 0 spiro atoms. The number of halogens is 2. The van der Waals surface area contributed by atoms with Crippen molar-refractivity contribution in [2.45, 2.75) is 18.9 Å². The van der Waals surface area contributed by atoms with Gasteiger partial charge in [0.1, 0.15) is 0 Å². The predicted molar refractivity (Wildman–Crippen MR) is 111 cm³/mol. The van der Waals surface area contributed by atoms with Crippen molar-refractivity contribution in [2.75, 3.05) is 38.7 Å². The number of nitrogens with zero attached hydrogens (tertiary/aromatic N) is 2. The van der Waals surface area contributed by atoms with Crippen LogP contribution in [0, 0.1) is 0 Å². The van der Waals surface area contributed by atoms with Gasteiger partial charge in [-0.15, -0.1) is 24.0 Å². The first kappa shape index (κ1) is 21.0. The topological polar surface area (TPSA) is 66.0 Å². The fourth-order valence-corrected chi connectivity index (χ4v) is 3.11. The molecule has 1 heterocycles. The molecule has 8 heteroatoms. The van der Waals surface area contributed by atoms with E-state index in [2.05, 4.69) is 53.3 Å². The first-order valence-electron chi connectivity index (χ1n) is 7.67. The number of ether oxygens (including phenoxy) is 1. The fraction of sp³-hybridized carbons (Fsp3) is 0.500. The first-order chi connectivity index (χ1) is 11.1. The molecule has 1 aromatic rings. The number of para-hydroxylation sites is 1. The summed E-state index contributed by atoms with van der Waals surface area (Å²) in [7, 11) is 3.12. The molecule has 6 nitrogen and oxygen atoms in total. The van der Waals surface area contributed by atoms with E-state index in [1.165, 1.54) is 12.8 Å². The number of hydrogen-bond donors (Lipinski definition) is 2. The van der Waals surface area contributed by atoms with Gasteiger partial charge in [0.15, 0.2) is 5.96 Å². The van der Waals surface area contributed by atoms with Crippen molar-refractivity contribution in [1.29, 1.82) is 0 Å². The summed E-state index contributed by atoms with van der Waals surface area (Å²) in [6, 6.07) is 8.58. The molecule has 0 bridgehead atoms. The Morgan fingerprint density at radius 3 is 2.88 bits per heavy atom. The summed E-state index contributed by atoms with van der Waals surface area (Å²) in [5, 5.41) is 6.54. The molecule has 1 fully saturated rings. The maximum atomic E-state index is 11.1. The van der Waals surface area contributed by atoms with Crippen molar-refractivity contribution >= 4 is 57.5 Å². The van der Waals surface area contributed by atoms with Crippen LogP contribution in [0.2, 0.25) is 0 Å². The normalized spacial score (nSPS) is 17.2. The minimum Gasteiger partial charge on any atom is -0.469 e. The number of benzene rings is 1. The predicted octanol–water partition coefficient (Wildman–Crippen LogP) is 2.37. The molecule has 1 aliphatic rings. The third kappa shape index (κ3) is 6.12. The number of carbonyl (C=O) groups is 1. The minimum absolute atomic E-state index is 0. The smallest absolute Gasteiger partial charge is 0.307 e. The highest BCUT2D eigenvalue weighted by Crippen LogP contribution is 2.28. The van der Waals surface area contributed by atoms with E-state index < -0.39 is 0 Å². The maximum Gasteiger partial charge on any atom is 0.307 e. The molecule has 2 rings (SSSR count). The fourth-order valence-electron chi connectivity index (χ4n) is 2.58. The number of carbonyl (C=O) groups excluding carboxylic acids is 1. The van der Waals surface area contributed by atoms with Gasteiger partial charge in [-0.05, 0) is 34.5 Å². The Morgan fingerprint density at radius 2 is 2.21 bits per heavy atom. The lowest BCUT2D eigenvalue weighted by Gasteiger charge is -2.21. The van der Waals surface area contributed by atoms with Gasteiger partial charge in [0, 0.05) is 37.2 Å². The maximum absolute atomic E-state index is 11.1. The molecule has 1 atom stereocenters. The van der Waals surface area contributed by atoms with E-state index in [0.29, 0.717) is 25.0 Å². The number of hydrogen-bond acceptors (Lipinski definition) is 4. The summed E-state index contributed by atoms with van der Waals surface area (Å²) in [5.74, 6) is 0.488. The Kier molecular flexibility index (Phi) is 9.42. The average molecular weight is 511 g/mol. The van der Waals surface area contributed by atoms with E-state index in [0.717, 1.165) is 24.0 Å². The largest absolute Gasteiger partial charge is 0.469 e. The number of guanidine groups is 1. The van der Waals surface area contributed by atoms with Crippen LogP contribution in [0.15, 0.2) is 33.7 Å². The molecule has 134 valence electrons. The number of esters is 1. The third-order valence-corrected chi connectivity index (χ3v) is 4.47. The van der Waals surface area contributed by atoms with Gasteiger partial charge in [-0.25, -0.2) is 0 Å². The summed E-state index contributed by atoms with van der Waals surface area (Å²) in [4.78, 5) is 17.7. The van der Waals surface area contributed by atoms with Gasteiger partial charge in [-0.2, -0.15) is 0 Å². The Hall–Kier alpha value is -1.03. The molecular formula is C16H24BrIN4O2. The van der Waals surface area contributed by atoms with Crippen molar-refractivity contribution in [2.24, 2.45) is 4.99 Å². The molecule has 1 saturated heterocycles. The van der Waals surface area contributed by atoms with Crippen molar-refractivity contribution in [3.05, 3.63) is 28.7 Å². The zero-order valence-corrected chi connectivity index (χ0v) is 17.8. The highest BCUT2D eigenvalue weighted by Gasteiger charge is 2.24. The van der Waals surface area contributed by atoms with Gasteiger partial charge < -0.3 is 20.3 Å². The van der Waals surface area contributed by atoms with E-state index in [9.17, 15) is 4.79 Å². The van der Waals surface area contributed by atoms with Crippen molar-refractivity contribution in [1.82, 2.24) is 10.6 Å². The minimum atomic E-state index is -0.228. The van der Waals surface area contributed by atoms with Crippen LogP contribution in [0.1, 0.15) is 12.8 Å². The standard InChI is InChI=1S/C16H23BrN4O2.HI/c1-18-16(19-9-7-15(22)23-2)20-12-8-10-21(11-12)14-6-4-3-5-13(14)17;/h3-6,12H,7-11H2,1-2H3,(H2,18,19,20);1H. The SMILES string of the molecule is CN=C(NCCC(=O)OC)NC1CCN(c2ccccc2Br)C1.I. The van der Waals surface area contributed by atoms with E-state index in [1.807, 2.05) is 12.1 Å². The highest BCUT2D eigenvalue weighted by molar-refractivity contribution is 14.0. The van der Waals surface area contributed by atoms with E-state index in [-0.39, 0.29) is 29.9 Å². The van der Waals surface area contributed by atoms with Crippen molar-refractivity contribution in [3.63, 3.8) is 0 Å². The van der Waals surface area contributed by atoms with Crippen LogP contribution in [-0.2, 0) is 9.53 Å². The lowest BCUT2D eigenvalue weighted by Crippen LogP contribution is -2.45. The van der Waals surface area contributed by atoms with Gasteiger partial charge in [-0.3, -0.25) is 9.79 Å². The molecule has 24 heavy (non-hydrogen) atoms. The lowest BCUT2D eigenvalue weighted by atomic mass is 10.2. The second-order valence-electron chi connectivity index (χ2n) is 5.35. The Morgan fingerprint density at radius 1 is 1.46 bits per heavy atom. The molecular weight excluding hydrogens is 487 g/mol. The van der Waals surface area contributed by atoms with Gasteiger partial charge >= 0.3 is 5.97 Å². The summed E-state index contributed by atoms with van der Waals surface area (Å²) in [6.07, 6.45) is 1.37. The van der Waals surface area contributed by atoms with Crippen LogP contribution in [0.3, 0.4) is 0 Å². The average Bonchev–Trinajstić information content (AvgIpc) is 3.02. The third-order valence-electron chi connectivity index (χ3n) is 3.80. The molecule has 1 unspecified atom stereocenters. The highest BCUT2D eigenvalue weighted by atomic mass is 127. The van der Waals surface area contributed by atoms with Crippen LogP contribution in [0.4, 0.5) is 5.69 Å². The van der Waals surface area contributed by atoms with Gasteiger partial charge in [0.2, 0.25) is 0 Å². The second-order valence-corrected chi connectivity index (χ2v) is 6.21. The zero-order valence-electron chi connectivity index (χ0n) is 13.9. The number of rotatable bonds is 5. The summed E-state index contributed by atoms with van der Waals surface area (Å²) in [6.45, 7) is 2.42. The quantitative estimate of drug-likeness (QED) is 0.275. The number of nitrogens with one attached hydrogen (secondary N) is 2. The number of methoxy groups -OCH3 is 1. The monoisotopic (exact) mass is 510 g/mol. The first-order valence-corrected chi connectivity index (χ1v) is 8.46. The van der Waals surface area contributed by atoms with Crippen molar-refractivity contribution < 1.29 is 9.53 Å². The van der Waals surface area contributed by atoms with Crippen LogP contribution >= 0.6 is 39.9 Å².